The Morgan fingerprint density at radius 2 is 2.13 bits per heavy atom. The first-order valence-electron chi connectivity index (χ1n) is 5.46. The van der Waals surface area contributed by atoms with Crippen LogP contribution in [0, 0.1) is 12.8 Å². The molecule has 1 aliphatic rings. The normalized spacial score (nSPS) is 20.0. The molecule has 2 rings (SSSR count). The third kappa shape index (κ3) is 2.53. The van der Waals surface area contributed by atoms with Gasteiger partial charge in [-0.05, 0) is 49.8 Å². The summed E-state index contributed by atoms with van der Waals surface area (Å²) in [6.07, 6.45) is 2.96. The first-order chi connectivity index (χ1) is 6.99. The minimum atomic E-state index is -0.584. The van der Waals surface area contributed by atoms with Crippen LogP contribution in [0.2, 0.25) is 5.02 Å². The van der Waals surface area contributed by atoms with Crippen LogP contribution in [0.5, 0.6) is 0 Å². The van der Waals surface area contributed by atoms with Gasteiger partial charge in [0.1, 0.15) is 0 Å². The molecule has 1 aromatic carbocycles. The fraction of sp³-hybridized carbons (Fsp3) is 0.538. The summed E-state index contributed by atoms with van der Waals surface area (Å²) in [6, 6.07) is 6.03. The van der Waals surface area contributed by atoms with Crippen LogP contribution in [0.4, 0.5) is 0 Å². The summed E-state index contributed by atoms with van der Waals surface area (Å²) in [5.74, 6) is 0.467. The van der Waals surface area contributed by atoms with E-state index in [0.29, 0.717) is 12.3 Å². The van der Waals surface area contributed by atoms with Crippen molar-refractivity contribution >= 4 is 11.6 Å². The fourth-order valence-corrected chi connectivity index (χ4v) is 2.33. The van der Waals surface area contributed by atoms with Crippen LogP contribution in [0.3, 0.4) is 0 Å². The molecule has 0 aromatic heterocycles. The minimum Gasteiger partial charge on any atom is -0.390 e. The van der Waals surface area contributed by atoms with Gasteiger partial charge in [0, 0.05) is 11.4 Å². The molecule has 0 spiro atoms. The van der Waals surface area contributed by atoms with Crippen molar-refractivity contribution in [3.05, 3.63) is 34.3 Å². The van der Waals surface area contributed by atoms with E-state index in [0.717, 1.165) is 29.0 Å². The molecule has 1 aromatic rings. The van der Waals surface area contributed by atoms with E-state index in [1.165, 1.54) is 0 Å². The van der Waals surface area contributed by atoms with Crippen LogP contribution in [-0.4, -0.2) is 10.7 Å². The first kappa shape index (κ1) is 11.0. The Balaban J connectivity index is 2.16. The Morgan fingerprint density at radius 1 is 1.47 bits per heavy atom. The van der Waals surface area contributed by atoms with Crippen molar-refractivity contribution in [2.45, 2.75) is 38.7 Å². The Morgan fingerprint density at radius 3 is 2.67 bits per heavy atom. The average molecular weight is 225 g/mol. The van der Waals surface area contributed by atoms with Gasteiger partial charge in [-0.1, -0.05) is 23.7 Å². The van der Waals surface area contributed by atoms with Crippen molar-refractivity contribution in [3.63, 3.8) is 0 Å². The third-order valence-electron chi connectivity index (χ3n) is 3.21. The lowest BCUT2D eigenvalue weighted by molar-refractivity contribution is 0.0372. The van der Waals surface area contributed by atoms with Crippen LogP contribution in [0.25, 0.3) is 0 Å². The van der Waals surface area contributed by atoms with Gasteiger partial charge in [-0.25, -0.2) is 0 Å². The Bertz CT molecular complexity index is 367. The fourth-order valence-electron chi connectivity index (χ4n) is 2.03. The van der Waals surface area contributed by atoms with E-state index in [2.05, 4.69) is 0 Å². The van der Waals surface area contributed by atoms with Gasteiger partial charge in [0.05, 0.1) is 5.60 Å². The Kier molecular flexibility index (Phi) is 2.78. The second-order valence-corrected chi connectivity index (χ2v) is 5.31. The van der Waals surface area contributed by atoms with Crippen LogP contribution in [0.15, 0.2) is 18.2 Å². The molecule has 1 fully saturated rings. The van der Waals surface area contributed by atoms with E-state index in [1.54, 1.807) is 0 Å². The molecule has 1 N–H and O–H groups in total. The Hall–Kier alpha value is -0.530. The molecule has 0 bridgehead atoms. The monoisotopic (exact) mass is 224 g/mol. The largest absolute Gasteiger partial charge is 0.390 e. The second-order valence-electron chi connectivity index (χ2n) is 4.90. The second kappa shape index (κ2) is 3.80. The van der Waals surface area contributed by atoms with Gasteiger partial charge in [0.25, 0.3) is 0 Å². The smallest absolute Gasteiger partial charge is 0.0688 e. The van der Waals surface area contributed by atoms with E-state index >= 15 is 0 Å². The van der Waals surface area contributed by atoms with Crippen molar-refractivity contribution in [2.75, 3.05) is 0 Å². The molecule has 0 amide bonds. The summed E-state index contributed by atoms with van der Waals surface area (Å²) in [5.41, 5.74) is 1.63. The highest BCUT2D eigenvalue weighted by atomic mass is 35.5. The number of halogens is 1. The highest BCUT2D eigenvalue weighted by Gasteiger charge is 2.39. The van der Waals surface area contributed by atoms with Crippen LogP contribution >= 0.6 is 11.6 Å². The lowest BCUT2D eigenvalue weighted by Gasteiger charge is -2.23. The van der Waals surface area contributed by atoms with Gasteiger partial charge in [0.15, 0.2) is 0 Å². The molecule has 0 radical (unpaired) electrons. The molecule has 1 atom stereocenters. The van der Waals surface area contributed by atoms with Crippen LogP contribution < -0.4 is 0 Å². The maximum absolute atomic E-state index is 10.2. The summed E-state index contributed by atoms with van der Waals surface area (Å²) < 4.78 is 0. The van der Waals surface area contributed by atoms with E-state index < -0.39 is 5.60 Å². The molecular formula is C13H17ClO. The number of aliphatic hydroxyl groups is 1. The zero-order valence-corrected chi connectivity index (χ0v) is 10.0. The highest BCUT2D eigenvalue weighted by molar-refractivity contribution is 6.31. The standard InChI is InChI=1S/C13H17ClO/c1-9-3-4-10(12(14)7-9)8-13(2,15)11-5-6-11/h3-4,7,11,15H,5-6,8H2,1-2H3. The molecule has 2 heteroatoms. The summed E-state index contributed by atoms with van der Waals surface area (Å²) >= 11 is 6.15. The van der Waals surface area contributed by atoms with Gasteiger partial charge in [0.2, 0.25) is 0 Å². The van der Waals surface area contributed by atoms with Crippen molar-refractivity contribution < 1.29 is 5.11 Å². The van der Waals surface area contributed by atoms with Gasteiger partial charge in [-0.2, -0.15) is 0 Å². The molecule has 1 nitrogen and oxygen atoms in total. The van der Waals surface area contributed by atoms with Crippen LogP contribution in [0.1, 0.15) is 30.9 Å². The molecule has 0 aliphatic heterocycles. The number of aryl methyl sites for hydroxylation is 1. The summed E-state index contributed by atoms with van der Waals surface area (Å²) in [7, 11) is 0. The molecule has 82 valence electrons. The predicted molar refractivity (Wildman–Crippen MR) is 63.2 cm³/mol. The number of benzene rings is 1. The van der Waals surface area contributed by atoms with Gasteiger partial charge in [-0.15, -0.1) is 0 Å². The van der Waals surface area contributed by atoms with E-state index in [9.17, 15) is 5.11 Å². The van der Waals surface area contributed by atoms with E-state index in [-0.39, 0.29) is 0 Å². The van der Waals surface area contributed by atoms with Crippen LogP contribution in [-0.2, 0) is 6.42 Å². The summed E-state index contributed by atoms with van der Waals surface area (Å²) in [6.45, 7) is 3.94. The maximum Gasteiger partial charge on any atom is 0.0688 e. The van der Waals surface area contributed by atoms with Crippen molar-refractivity contribution in [1.82, 2.24) is 0 Å². The quantitative estimate of drug-likeness (QED) is 0.835. The van der Waals surface area contributed by atoms with Gasteiger partial charge in [-0.3, -0.25) is 0 Å². The number of rotatable bonds is 3. The predicted octanol–water partition coefficient (Wildman–Crippen LogP) is 3.35. The van der Waals surface area contributed by atoms with Gasteiger partial charge >= 0.3 is 0 Å². The topological polar surface area (TPSA) is 20.2 Å². The maximum atomic E-state index is 10.2. The van der Waals surface area contributed by atoms with Crippen molar-refractivity contribution in [1.29, 1.82) is 0 Å². The molecule has 15 heavy (non-hydrogen) atoms. The number of hydrogen-bond acceptors (Lipinski definition) is 1. The molecule has 1 saturated carbocycles. The van der Waals surface area contributed by atoms with E-state index in [1.807, 2.05) is 32.0 Å². The molecule has 1 unspecified atom stereocenters. The summed E-state index contributed by atoms with van der Waals surface area (Å²) in [5, 5.41) is 11.0. The molecule has 0 heterocycles. The highest BCUT2D eigenvalue weighted by Crippen LogP contribution is 2.41. The first-order valence-corrected chi connectivity index (χ1v) is 5.84. The molecule has 0 saturated heterocycles. The minimum absolute atomic E-state index is 0.467. The lowest BCUT2D eigenvalue weighted by Crippen LogP contribution is -2.29. The third-order valence-corrected chi connectivity index (χ3v) is 3.57. The van der Waals surface area contributed by atoms with Crippen molar-refractivity contribution in [2.24, 2.45) is 5.92 Å². The average Bonchev–Trinajstić information content (AvgIpc) is 2.92. The molecule has 1 aliphatic carbocycles. The summed E-state index contributed by atoms with van der Waals surface area (Å²) in [4.78, 5) is 0. The zero-order valence-electron chi connectivity index (χ0n) is 9.26. The van der Waals surface area contributed by atoms with E-state index in [4.69, 9.17) is 11.6 Å². The number of hydrogen-bond donors (Lipinski definition) is 1. The lowest BCUT2D eigenvalue weighted by atomic mass is 9.91. The zero-order chi connectivity index (χ0) is 11.1. The Labute approximate surface area is 96.1 Å². The molecular weight excluding hydrogens is 208 g/mol. The SMILES string of the molecule is Cc1ccc(CC(C)(O)C2CC2)c(Cl)c1. The van der Waals surface area contributed by atoms with Crippen molar-refractivity contribution in [3.8, 4) is 0 Å². The van der Waals surface area contributed by atoms with Gasteiger partial charge < -0.3 is 5.11 Å².